The summed E-state index contributed by atoms with van der Waals surface area (Å²) in [4.78, 5) is 0. The molecule has 0 spiro atoms. The number of hydrogen-bond acceptors (Lipinski definition) is 2. The first-order valence-corrected chi connectivity index (χ1v) is 7.20. The molecule has 1 aliphatic carbocycles. The van der Waals surface area contributed by atoms with Gasteiger partial charge in [0.05, 0.1) is 16.4 Å². The molecule has 1 N–H and O–H groups in total. The Morgan fingerprint density at radius 3 is 2.56 bits per heavy atom. The Bertz CT molecular complexity index is 419. The normalized spacial score (nSPS) is 17.4. The summed E-state index contributed by atoms with van der Waals surface area (Å²) in [7, 11) is 1.99. The third-order valence-electron chi connectivity index (χ3n) is 3.81. The molecule has 0 atom stereocenters. The van der Waals surface area contributed by atoms with Gasteiger partial charge in [0, 0.05) is 13.6 Å². The van der Waals surface area contributed by atoms with Crippen LogP contribution < -0.4 is 5.32 Å². The van der Waals surface area contributed by atoms with Crippen molar-refractivity contribution >= 4 is 11.6 Å². The van der Waals surface area contributed by atoms with Crippen molar-refractivity contribution in [3.05, 3.63) is 16.4 Å². The second kappa shape index (κ2) is 5.22. The van der Waals surface area contributed by atoms with Crippen molar-refractivity contribution < 1.29 is 0 Å². The quantitative estimate of drug-likeness (QED) is 0.861. The zero-order valence-electron chi connectivity index (χ0n) is 11.9. The molecule has 0 aliphatic heterocycles. The topological polar surface area (TPSA) is 29.9 Å². The lowest BCUT2D eigenvalue weighted by molar-refractivity contribution is 0.422. The van der Waals surface area contributed by atoms with Gasteiger partial charge in [0.2, 0.25) is 0 Å². The molecule has 0 radical (unpaired) electrons. The molecule has 0 amide bonds. The number of halogens is 1. The fraction of sp³-hybridized carbons (Fsp3) is 0.786. The molecular formula is C14H24ClN3. The highest BCUT2D eigenvalue weighted by Gasteiger charge is 2.43. The molecule has 1 fully saturated rings. The van der Waals surface area contributed by atoms with Gasteiger partial charge in [0.15, 0.2) is 0 Å². The van der Waals surface area contributed by atoms with Gasteiger partial charge in [0.25, 0.3) is 0 Å². The molecule has 0 unspecified atom stereocenters. The van der Waals surface area contributed by atoms with Crippen LogP contribution >= 0.6 is 11.6 Å². The highest BCUT2D eigenvalue weighted by molar-refractivity contribution is 6.31. The summed E-state index contributed by atoms with van der Waals surface area (Å²) in [6.07, 6.45) is 3.66. The van der Waals surface area contributed by atoms with Crippen LogP contribution in [0.5, 0.6) is 0 Å². The summed E-state index contributed by atoms with van der Waals surface area (Å²) in [5, 5.41) is 8.83. The van der Waals surface area contributed by atoms with E-state index in [0.717, 1.165) is 30.2 Å². The molecule has 0 bridgehead atoms. The van der Waals surface area contributed by atoms with E-state index in [-0.39, 0.29) is 0 Å². The van der Waals surface area contributed by atoms with E-state index in [1.54, 1.807) is 0 Å². The van der Waals surface area contributed by atoms with E-state index in [2.05, 4.69) is 24.3 Å². The van der Waals surface area contributed by atoms with E-state index in [1.807, 2.05) is 18.7 Å². The van der Waals surface area contributed by atoms with Crippen LogP contribution in [0, 0.1) is 18.3 Å². The van der Waals surface area contributed by atoms with E-state index < -0.39 is 0 Å². The summed E-state index contributed by atoms with van der Waals surface area (Å²) >= 11 is 6.33. The maximum absolute atomic E-state index is 6.33. The maximum Gasteiger partial charge on any atom is 0.0847 e. The number of hydrogen-bond donors (Lipinski definition) is 1. The molecule has 1 heterocycles. The Morgan fingerprint density at radius 2 is 2.11 bits per heavy atom. The molecule has 1 saturated carbocycles. The zero-order valence-corrected chi connectivity index (χ0v) is 12.6. The highest BCUT2D eigenvalue weighted by atomic mass is 35.5. The van der Waals surface area contributed by atoms with Crippen molar-refractivity contribution in [2.75, 3.05) is 13.1 Å². The van der Waals surface area contributed by atoms with Crippen LogP contribution in [0.2, 0.25) is 5.02 Å². The zero-order chi connectivity index (χ0) is 13.3. The van der Waals surface area contributed by atoms with Gasteiger partial charge in [-0.1, -0.05) is 25.4 Å². The average molecular weight is 270 g/mol. The monoisotopic (exact) mass is 269 g/mol. The Hall–Kier alpha value is -0.540. The van der Waals surface area contributed by atoms with E-state index in [1.165, 1.54) is 18.5 Å². The van der Waals surface area contributed by atoms with E-state index in [9.17, 15) is 0 Å². The van der Waals surface area contributed by atoms with E-state index >= 15 is 0 Å². The van der Waals surface area contributed by atoms with E-state index in [4.69, 9.17) is 11.6 Å². The fourth-order valence-electron chi connectivity index (χ4n) is 2.45. The fourth-order valence-corrected chi connectivity index (χ4v) is 2.67. The summed E-state index contributed by atoms with van der Waals surface area (Å²) in [5.41, 5.74) is 2.57. The van der Waals surface area contributed by atoms with Gasteiger partial charge in [0.1, 0.15) is 0 Å². The van der Waals surface area contributed by atoms with Gasteiger partial charge in [-0.15, -0.1) is 0 Å². The van der Waals surface area contributed by atoms with Gasteiger partial charge < -0.3 is 5.32 Å². The van der Waals surface area contributed by atoms with Crippen LogP contribution in [0.4, 0.5) is 0 Å². The van der Waals surface area contributed by atoms with Gasteiger partial charge in [-0.2, -0.15) is 5.10 Å². The van der Waals surface area contributed by atoms with Crippen LogP contribution in [0.15, 0.2) is 0 Å². The van der Waals surface area contributed by atoms with Crippen molar-refractivity contribution in [1.82, 2.24) is 15.1 Å². The third-order valence-corrected chi connectivity index (χ3v) is 4.31. The van der Waals surface area contributed by atoms with Crippen molar-refractivity contribution in [2.45, 2.75) is 40.0 Å². The minimum Gasteiger partial charge on any atom is -0.316 e. The molecule has 1 aliphatic rings. The number of aryl methyl sites for hydroxylation is 2. The molecule has 2 rings (SSSR count). The largest absolute Gasteiger partial charge is 0.316 e. The second-order valence-electron chi connectivity index (χ2n) is 6.17. The second-order valence-corrected chi connectivity index (χ2v) is 6.55. The van der Waals surface area contributed by atoms with Crippen molar-refractivity contribution in [3.8, 4) is 0 Å². The summed E-state index contributed by atoms with van der Waals surface area (Å²) < 4.78 is 1.94. The first-order chi connectivity index (χ1) is 8.43. The maximum atomic E-state index is 6.33. The Balaban J connectivity index is 1.96. The van der Waals surface area contributed by atoms with Gasteiger partial charge >= 0.3 is 0 Å². The van der Waals surface area contributed by atoms with E-state index in [0.29, 0.717) is 11.3 Å². The minimum atomic E-state index is 0.429. The van der Waals surface area contributed by atoms with Crippen LogP contribution in [-0.4, -0.2) is 22.9 Å². The molecule has 3 nitrogen and oxygen atoms in total. The standard InChI is InChI=1S/C14H24ClN3/c1-10(2)8-16-9-14(5-6-14)7-12-13(15)11(3)17-18(12)4/h10,16H,5-9H2,1-4H3. The van der Waals surface area contributed by atoms with Crippen LogP contribution in [0.1, 0.15) is 38.1 Å². The Labute approximate surface area is 115 Å². The molecule has 102 valence electrons. The number of nitrogens with one attached hydrogen (secondary N) is 1. The molecule has 4 heteroatoms. The number of aromatic nitrogens is 2. The van der Waals surface area contributed by atoms with Gasteiger partial charge in [-0.3, -0.25) is 4.68 Å². The first kappa shape index (κ1) is 13.9. The van der Waals surface area contributed by atoms with Gasteiger partial charge in [-0.05, 0) is 44.1 Å². The van der Waals surface area contributed by atoms with Gasteiger partial charge in [-0.25, -0.2) is 0 Å². The highest BCUT2D eigenvalue weighted by Crippen LogP contribution is 2.48. The molecule has 0 saturated heterocycles. The molecular weight excluding hydrogens is 246 g/mol. The van der Waals surface area contributed by atoms with Crippen molar-refractivity contribution in [3.63, 3.8) is 0 Å². The molecule has 1 aromatic heterocycles. The van der Waals surface area contributed by atoms with Crippen LogP contribution in [0.3, 0.4) is 0 Å². The van der Waals surface area contributed by atoms with Crippen molar-refractivity contribution in [2.24, 2.45) is 18.4 Å². The Kier molecular flexibility index (Phi) is 4.02. The van der Waals surface area contributed by atoms with Crippen LogP contribution in [-0.2, 0) is 13.5 Å². The smallest absolute Gasteiger partial charge is 0.0847 e. The first-order valence-electron chi connectivity index (χ1n) is 6.82. The summed E-state index contributed by atoms with van der Waals surface area (Å²) in [5.74, 6) is 0.711. The third kappa shape index (κ3) is 3.07. The Morgan fingerprint density at radius 1 is 1.44 bits per heavy atom. The predicted molar refractivity (Wildman–Crippen MR) is 76.0 cm³/mol. The average Bonchev–Trinajstić information content (AvgIpc) is 2.99. The number of nitrogens with zero attached hydrogens (tertiary/aromatic N) is 2. The molecule has 18 heavy (non-hydrogen) atoms. The SMILES string of the molecule is Cc1nn(C)c(CC2(CNCC(C)C)CC2)c1Cl. The van der Waals surface area contributed by atoms with Crippen molar-refractivity contribution in [1.29, 1.82) is 0 Å². The lowest BCUT2D eigenvalue weighted by Crippen LogP contribution is -2.29. The predicted octanol–water partition coefficient (Wildman–Crippen LogP) is 2.95. The lowest BCUT2D eigenvalue weighted by atomic mass is 9.99. The summed E-state index contributed by atoms with van der Waals surface area (Å²) in [6.45, 7) is 8.66. The minimum absolute atomic E-state index is 0.429. The lowest BCUT2D eigenvalue weighted by Gasteiger charge is -2.17. The van der Waals surface area contributed by atoms with Crippen LogP contribution in [0.25, 0.3) is 0 Å². The summed E-state index contributed by atoms with van der Waals surface area (Å²) in [6, 6.07) is 0. The number of rotatable bonds is 6. The molecule has 1 aromatic rings. The molecule has 0 aromatic carbocycles.